The van der Waals surface area contributed by atoms with Gasteiger partial charge in [0.05, 0.1) is 6.54 Å². The van der Waals surface area contributed by atoms with E-state index in [-0.39, 0.29) is 23.4 Å². The van der Waals surface area contributed by atoms with Crippen LogP contribution in [-0.2, 0) is 19.5 Å². The molecule has 0 aliphatic heterocycles. The molecule has 4 aromatic rings. The van der Waals surface area contributed by atoms with E-state index in [1.165, 1.54) is 17.7 Å². The summed E-state index contributed by atoms with van der Waals surface area (Å²) in [5.74, 6) is 0.836. The van der Waals surface area contributed by atoms with Crippen LogP contribution in [-0.4, -0.2) is 37.6 Å². The Kier molecular flexibility index (Phi) is 7.25. The fourth-order valence-corrected chi connectivity index (χ4v) is 5.13. The molecule has 0 radical (unpaired) electrons. The molecule has 8 heteroatoms. The summed E-state index contributed by atoms with van der Waals surface area (Å²) in [5.41, 5.74) is 3.45. The van der Waals surface area contributed by atoms with E-state index in [1.807, 2.05) is 55.6 Å². The molecule has 37 heavy (non-hydrogen) atoms. The van der Waals surface area contributed by atoms with Crippen LogP contribution in [0.1, 0.15) is 58.9 Å². The Balaban J connectivity index is 1.47. The molecule has 1 aromatic carbocycles. The number of carbonyl (C=O) groups is 1. The average molecular weight is 498 g/mol. The van der Waals surface area contributed by atoms with Crippen LogP contribution < -0.4 is 5.43 Å². The van der Waals surface area contributed by atoms with Crippen molar-refractivity contribution < 1.29 is 9.21 Å². The monoisotopic (exact) mass is 497 g/mol. The van der Waals surface area contributed by atoms with Crippen LogP contribution in [0.5, 0.6) is 0 Å². The molecule has 0 atom stereocenters. The molecule has 1 fully saturated rings. The van der Waals surface area contributed by atoms with E-state index in [2.05, 4.69) is 19.7 Å². The largest absolute Gasteiger partial charge is 0.419 e. The molecule has 0 N–H and O–H groups in total. The van der Waals surface area contributed by atoms with E-state index < -0.39 is 0 Å². The zero-order chi connectivity index (χ0) is 25.8. The summed E-state index contributed by atoms with van der Waals surface area (Å²) >= 11 is 0. The van der Waals surface area contributed by atoms with Gasteiger partial charge >= 0.3 is 0 Å². The van der Waals surface area contributed by atoms with Crippen molar-refractivity contribution in [2.24, 2.45) is 5.92 Å². The predicted octanol–water partition coefficient (Wildman–Crippen LogP) is 4.65. The van der Waals surface area contributed by atoms with Crippen molar-refractivity contribution in [3.05, 3.63) is 99.6 Å². The van der Waals surface area contributed by atoms with Crippen molar-refractivity contribution in [1.29, 1.82) is 0 Å². The second kappa shape index (κ2) is 10.9. The molecule has 5 rings (SSSR count). The maximum absolute atomic E-state index is 13.8. The minimum Gasteiger partial charge on any atom is -0.419 e. The van der Waals surface area contributed by atoms with E-state index >= 15 is 0 Å². The molecule has 8 nitrogen and oxygen atoms in total. The van der Waals surface area contributed by atoms with Crippen molar-refractivity contribution in [3.8, 4) is 11.5 Å². The minimum absolute atomic E-state index is 0.109. The fraction of sp³-hybridized carbons (Fsp3) is 0.345. The number of hydrogen-bond donors (Lipinski definition) is 0. The van der Waals surface area contributed by atoms with Crippen LogP contribution in [0.3, 0.4) is 0 Å². The van der Waals surface area contributed by atoms with Crippen LogP contribution >= 0.6 is 0 Å². The quantitative estimate of drug-likeness (QED) is 0.352. The molecule has 0 unspecified atom stereocenters. The van der Waals surface area contributed by atoms with Crippen molar-refractivity contribution in [3.63, 3.8) is 0 Å². The van der Waals surface area contributed by atoms with Gasteiger partial charge in [-0.25, -0.2) is 0 Å². The highest BCUT2D eigenvalue weighted by atomic mass is 16.4. The average Bonchev–Trinajstić information content (AvgIpc) is 3.60. The number of hydrogen-bond acceptors (Lipinski definition) is 6. The van der Waals surface area contributed by atoms with Crippen molar-refractivity contribution in [2.75, 3.05) is 7.05 Å². The van der Waals surface area contributed by atoms with Gasteiger partial charge in [0.1, 0.15) is 5.56 Å². The maximum atomic E-state index is 13.8. The zero-order valence-corrected chi connectivity index (χ0v) is 21.3. The van der Waals surface area contributed by atoms with Crippen LogP contribution in [0.2, 0.25) is 0 Å². The van der Waals surface area contributed by atoms with Gasteiger partial charge in [-0.3, -0.25) is 14.6 Å². The van der Waals surface area contributed by atoms with Crippen LogP contribution in [0, 0.1) is 12.8 Å². The fourth-order valence-electron chi connectivity index (χ4n) is 5.13. The second-order valence-electron chi connectivity index (χ2n) is 9.80. The van der Waals surface area contributed by atoms with Crippen molar-refractivity contribution >= 4 is 5.91 Å². The molecular formula is C29H31N5O3. The molecule has 1 amide bonds. The lowest BCUT2D eigenvalue weighted by Gasteiger charge is -2.24. The summed E-state index contributed by atoms with van der Waals surface area (Å²) in [6.45, 7) is 2.59. The Morgan fingerprint density at radius 2 is 1.89 bits per heavy atom. The Labute approximate surface area is 216 Å². The Bertz CT molecular complexity index is 1420. The van der Waals surface area contributed by atoms with Crippen molar-refractivity contribution in [2.45, 2.75) is 52.1 Å². The van der Waals surface area contributed by atoms with Gasteiger partial charge in [-0.05, 0) is 43.0 Å². The summed E-state index contributed by atoms with van der Waals surface area (Å²) in [4.78, 5) is 32.8. The van der Waals surface area contributed by atoms with Gasteiger partial charge in [-0.1, -0.05) is 49.9 Å². The first-order chi connectivity index (χ1) is 18.0. The van der Waals surface area contributed by atoms with Gasteiger partial charge in [-0.15, -0.1) is 10.2 Å². The molecule has 190 valence electrons. The number of pyridine rings is 2. The van der Waals surface area contributed by atoms with Crippen LogP contribution in [0.25, 0.3) is 11.5 Å². The standard InChI is InChI=1S/C29H31N5O3/c1-20-15-25(35)27(24(16-21-9-6-7-10-21)34(20)18-22-11-8-14-30-17-22)29(36)33(2)19-26-31-32-28(37-26)23-12-4-3-5-13-23/h3-5,8,11-15,17,21H,6-7,9-10,16,18-19H2,1-2H3. The third kappa shape index (κ3) is 5.53. The summed E-state index contributed by atoms with van der Waals surface area (Å²) in [5, 5.41) is 8.24. The number of rotatable bonds is 8. The molecule has 3 heterocycles. The van der Waals surface area contributed by atoms with Gasteiger partial charge in [-0.2, -0.15) is 0 Å². The Morgan fingerprint density at radius 3 is 2.62 bits per heavy atom. The third-order valence-electron chi connectivity index (χ3n) is 7.07. The first kappa shape index (κ1) is 24.6. The molecule has 0 spiro atoms. The number of benzene rings is 1. The lowest BCUT2D eigenvalue weighted by molar-refractivity contribution is 0.0769. The highest BCUT2D eigenvalue weighted by Gasteiger charge is 2.27. The van der Waals surface area contributed by atoms with Gasteiger partial charge in [0.25, 0.3) is 5.91 Å². The van der Waals surface area contributed by atoms with Gasteiger partial charge in [0.15, 0.2) is 5.43 Å². The van der Waals surface area contributed by atoms with E-state index in [4.69, 9.17) is 4.42 Å². The number of amides is 1. The van der Waals surface area contributed by atoms with Gasteiger partial charge < -0.3 is 13.9 Å². The van der Waals surface area contributed by atoms with Crippen molar-refractivity contribution in [1.82, 2.24) is 24.6 Å². The number of aromatic nitrogens is 4. The lowest BCUT2D eigenvalue weighted by atomic mass is 9.96. The lowest BCUT2D eigenvalue weighted by Crippen LogP contribution is -2.34. The first-order valence-corrected chi connectivity index (χ1v) is 12.7. The summed E-state index contributed by atoms with van der Waals surface area (Å²) < 4.78 is 7.92. The number of nitrogens with zero attached hydrogens (tertiary/aromatic N) is 5. The predicted molar refractivity (Wildman–Crippen MR) is 140 cm³/mol. The maximum Gasteiger partial charge on any atom is 0.259 e. The molecule has 1 aliphatic carbocycles. The van der Waals surface area contributed by atoms with Gasteiger partial charge in [0.2, 0.25) is 11.8 Å². The summed E-state index contributed by atoms with van der Waals surface area (Å²) in [6.07, 6.45) is 8.87. The molecular weight excluding hydrogens is 466 g/mol. The topological polar surface area (TPSA) is 94.1 Å². The molecule has 3 aromatic heterocycles. The smallest absolute Gasteiger partial charge is 0.259 e. The van der Waals surface area contributed by atoms with E-state index in [0.717, 1.165) is 35.4 Å². The first-order valence-electron chi connectivity index (χ1n) is 12.7. The summed E-state index contributed by atoms with van der Waals surface area (Å²) in [6, 6.07) is 15.0. The van der Waals surface area contributed by atoms with E-state index in [0.29, 0.717) is 30.7 Å². The molecule has 0 bridgehead atoms. The number of carbonyl (C=O) groups excluding carboxylic acids is 1. The summed E-state index contributed by atoms with van der Waals surface area (Å²) in [7, 11) is 1.67. The van der Waals surface area contributed by atoms with E-state index in [9.17, 15) is 9.59 Å². The highest BCUT2D eigenvalue weighted by molar-refractivity contribution is 5.95. The Morgan fingerprint density at radius 1 is 1.11 bits per heavy atom. The molecule has 1 saturated carbocycles. The van der Waals surface area contributed by atoms with Gasteiger partial charge in [0, 0.05) is 49.0 Å². The normalized spacial score (nSPS) is 13.7. The van der Waals surface area contributed by atoms with Crippen LogP contribution in [0.4, 0.5) is 0 Å². The molecule has 1 aliphatic rings. The SMILES string of the molecule is Cc1cc(=O)c(C(=O)N(C)Cc2nnc(-c3ccccc3)o2)c(CC2CCCC2)n1Cc1cccnc1. The number of aryl methyl sites for hydroxylation is 1. The van der Waals surface area contributed by atoms with E-state index in [1.54, 1.807) is 19.3 Å². The second-order valence-corrected chi connectivity index (χ2v) is 9.80. The zero-order valence-electron chi connectivity index (χ0n) is 21.3. The van der Waals surface area contributed by atoms with Crippen LogP contribution in [0.15, 0.2) is 70.1 Å². The minimum atomic E-state index is -0.336. The Hall–Kier alpha value is -4.07. The third-order valence-corrected chi connectivity index (χ3v) is 7.07. The molecule has 0 saturated heterocycles. The highest BCUT2D eigenvalue weighted by Crippen LogP contribution is 2.29.